The number of aryl methyl sites for hydroxylation is 1. The number of fused-ring (bicyclic) bond motifs is 1. The first-order valence-electron chi connectivity index (χ1n) is 10.8. The fourth-order valence-corrected chi connectivity index (χ4v) is 4.87. The van der Waals surface area contributed by atoms with E-state index in [1.807, 2.05) is 65.6 Å². The molecule has 3 aromatic carbocycles. The maximum absolute atomic E-state index is 12.9. The molecule has 5 rings (SSSR count). The fraction of sp³-hybridized carbons (Fsp3) is 0.231. The minimum atomic E-state index is 0.0466. The number of para-hydroxylation sites is 2. The van der Waals surface area contributed by atoms with Crippen molar-refractivity contribution in [1.29, 1.82) is 0 Å². The SMILES string of the molecule is Cc1cccc2sc(OC3CCN(C(=O)c4ccc(Oc5ccccc5)cc4)CC3)nc12. The Morgan fingerprint density at radius 1 is 0.938 bits per heavy atom. The van der Waals surface area contributed by atoms with Gasteiger partial charge in [-0.05, 0) is 55.0 Å². The third kappa shape index (κ3) is 4.46. The zero-order valence-corrected chi connectivity index (χ0v) is 18.7. The van der Waals surface area contributed by atoms with Gasteiger partial charge in [0.05, 0.1) is 10.2 Å². The van der Waals surface area contributed by atoms with Gasteiger partial charge in [-0.15, -0.1) is 0 Å². The summed E-state index contributed by atoms with van der Waals surface area (Å²) in [7, 11) is 0. The van der Waals surface area contributed by atoms with E-state index in [9.17, 15) is 4.79 Å². The van der Waals surface area contributed by atoms with Gasteiger partial charge >= 0.3 is 0 Å². The summed E-state index contributed by atoms with van der Waals surface area (Å²) in [6.45, 7) is 3.42. The van der Waals surface area contributed by atoms with E-state index >= 15 is 0 Å². The van der Waals surface area contributed by atoms with Gasteiger partial charge < -0.3 is 14.4 Å². The highest BCUT2D eigenvalue weighted by molar-refractivity contribution is 7.20. The first-order valence-corrected chi connectivity index (χ1v) is 11.6. The number of nitrogens with zero attached hydrogens (tertiary/aromatic N) is 2. The molecule has 2 heterocycles. The Morgan fingerprint density at radius 2 is 1.66 bits per heavy atom. The second-order valence-electron chi connectivity index (χ2n) is 7.95. The summed E-state index contributed by atoms with van der Waals surface area (Å²) < 4.78 is 13.1. The van der Waals surface area contributed by atoms with Crippen LogP contribution in [0.2, 0.25) is 0 Å². The molecule has 0 radical (unpaired) electrons. The Kier molecular flexibility index (Phi) is 5.77. The molecule has 162 valence electrons. The van der Waals surface area contributed by atoms with Gasteiger partial charge in [0.1, 0.15) is 17.6 Å². The normalized spacial score (nSPS) is 14.5. The number of hydrogen-bond donors (Lipinski definition) is 0. The highest BCUT2D eigenvalue weighted by Crippen LogP contribution is 2.31. The van der Waals surface area contributed by atoms with Gasteiger partial charge in [-0.3, -0.25) is 4.79 Å². The summed E-state index contributed by atoms with van der Waals surface area (Å²) in [4.78, 5) is 19.5. The molecule has 0 atom stereocenters. The van der Waals surface area contributed by atoms with E-state index in [1.54, 1.807) is 11.3 Å². The predicted molar refractivity (Wildman–Crippen MR) is 127 cm³/mol. The Bertz CT molecular complexity index is 1210. The van der Waals surface area contributed by atoms with Crippen molar-refractivity contribution in [3.63, 3.8) is 0 Å². The third-order valence-corrected chi connectivity index (χ3v) is 6.59. The molecule has 0 N–H and O–H groups in total. The van der Waals surface area contributed by atoms with Gasteiger partial charge in [-0.2, -0.15) is 0 Å². The first kappa shape index (κ1) is 20.5. The van der Waals surface area contributed by atoms with Crippen LogP contribution >= 0.6 is 11.3 Å². The van der Waals surface area contributed by atoms with E-state index in [-0.39, 0.29) is 12.0 Å². The van der Waals surface area contributed by atoms with Crippen LogP contribution < -0.4 is 9.47 Å². The number of amides is 1. The van der Waals surface area contributed by atoms with Crippen molar-refractivity contribution < 1.29 is 14.3 Å². The van der Waals surface area contributed by atoms with Crippen molar-refractivity contribution in [1.82, 2.24) is 9.88 Å². The molecule has 1 aromatic heterocycles. The van der Waals surface area contributed by atoms with Gasteiger partial charge in [0, 0.05) is 31.5 Å². The minimum Gasteiger partial charge on any atom is -0.467 e. The number of piperidine rings is 1. The Balaban J connectivity index is 1.16. The number of benzene rings is 3. The maximum Gasteiger partial charge on any atom is 0.274 e. The summed E-state index contributed by atoms with van der Waals surface area (Å²) >= 11 is 1.59. The lowest BCUT2D eigenvalue weighted by atomic mass is 10.1. The van der Waals surface area contributed by atoms with Gasteiger partial charge in [-0.25, -0.2) is 4.98 Å². The van der Waals surface area contributed by atoms with Crippen LogP contribution in [-0.2, 0) is 0 Å². The molecule has 0 bridgehead atoms. The number of thiazole rings is 1. The van der Waals surface area contributed by atoms with E-state index in [2.05, 4.69) is 24.0 Å². The molecular weight excluding hydrogens is 420 g/mol. The summed E-state index contributed by atoms with van der Waals surface area (Å²) in [5.41, 5.74) is 2.85. The van der Waals surface area contributed by atoms with Crippen molar-refractivity contribution >= 4 is 27.5 Å². The van der Waals surface area contributed by atoms with Crippen LogP contribution in [0.25, 0.3) is 10.2 Å². The molecule has 32 heavy (non-hydrogen) atoms. The smallest absolute Gasteiger partial charge is 0.274 e. The largest absolute Gasteiger partial charge is 0.467 e. The number of ether oxygens (including phenoxy) is 2. The highest BCUT2D eigenvalue weighted by Gasteiger charge is 2.25. The molecule has 0 saturated carbocycles. The van der Waals surface area contributed by atoms with Gasteiger partial charge in [-0.1, -0.05) is 41.7 Å². The number of rotatable bonds is 5. The van der Waals surface area contributed by atoms with Crippen LogP contribution in [0.1, 0.15) is 28.8 Å². The summed E-state index contributed by atoms with van der Waals surface area (Å²) in [6.07, 6.45) is 1.69. The van der Waals surface area contributed by atoms with E-state index < -0.39 is 0 Å². The lowest BCUT2D eigenvalue weighted by Gasteiger charge is -2.31. The molecule has 1 aliphatic heterocycles. The van der Waals surface area contributed by atoms with E-state index in [4.69, 9.17) is 9.47 Å². The monoisotopic (exact) mass is 444 g/mol. The quantitative estimate of drug-likeness (QED) is 0.374. The molecule has 6 heteroatoms. The second kappa shape index (κ2) is 9.01. The van der Waals surface area contributed by atoms with Crippen LogP contribution in [0.4, 0.5) is 0 Å². The third-order valence-electron chi connectivity index (χ3n) is 5.68. The average molecular weight is 445 g/mol. The molecule has 0 aliphatic carbocycles. The predicted octanol–water partition coefficient (Wildman–Crippen LogP) is 6.08. The summed E-state index contributed by atoms with van der Waals surface area (Å²) in [5, 5.41) is 0.716. The number of likely N-dealkylation sites (tertiary alicyclic amines) is 1. The molecule has 1 amide bonds. The molecule has 1 aliphatic rings. The lowest BCUT2D eigenvalue weighted by molar-refractivity contribution is 0.0595. The van der Waals surface area contributed by atoms with Crippen LogP contribution in [0.15, 0.2) is 72.8 Å². The summed E-state index contributed by atoms with van der Waals surface area (Å²) in [6, 6.07) is 23.1. The summed E-state index contributed by atoms with van der Waals surface area (Å²) in [5.74, 6) is 1.54. The minimum absolute atomic E-state index is 0.0466. The fourth-order valence-electron chi connectivity index (χ4n) is 3.91. The van der Waals surface area contributed by atoms with Crippen molar-refractivity contribution in [2.45, 2.75) is 25.9 Å². The van der Waals surface area contributed by atoms with Gasteiger partial charge in [0.25, 0.3) is 11.1 Å². The Labute approximate surface area is 191 Å². The number of carbonyl (C=O) groups excluding carboxylic acids is 1. The highest BCUT2D eigenvalue weighted by atomic mass is 32.1. The van der Waals surface area contributed by atoms with E-state index in [0.717, 1.165) is 34.4 Å². The first-order chi connectivity index (χ1) is 15.7. The maximum atomic E-state index is 12.9. The van der Waals surface area contributed by atoms with Crippen LogP contribution in [0.5, 0.6) is 16.7 Å². The number of aromatic nitrogens is 1. The zero-order valence-electron chi connectivity index (χ0n) is 17.9. The van der Waals surface area contributed by atoms with Crippen molar-refractivity contribution in [3.05, 3.63) is 83.9 Å². The van der Waals surface area contributed by atoms with Crippen LogP contribution in [0.3, 0.4) is 0 Å². The van der Waals surface area contributed by atoms with Crippen molar-refractivity contribution in [2.24, 2.45) is 0 Å². The standard InChI is InChI=1S/C26H24N2O3S/c1-18-6-5-9-23-24(18)27-26(32-23)31-22-14-16-28(17-15-22)25(29)19-10-12-21(13-11-19)30-20-7-3-2-4-8-20/h2-13,22H,14-17H2,1H3. The average Bonchev–Trinajstić information content (AvgIpc) is 3.24. The van der Waals surface area contributed by atoms with Crippen LogP contribution in [-0.4, -0.2) is 35.0 Å². The Hall–Kier alpha value is -3.38. The van der Waals surface area contributed by atoms with E-state index in [1.165, 1.54) is 0 Å². The van der Waals surface area contributed by atoms with Crippen molar-refractivity contribution in [3.8, 4) is 16.7 Å². The molecule has 4 aromatic rings. The molecular formula is C26H24N2O3S. The van der Waals surface area contributed by atoms with Crippen molar-refractivity contribution in [2.75, 3.05) is 13.1 Å². The van der Waals surface area contributed by atoms with E-state index in [0.29, 0.717) is 29.6 Å². The topological polar surface area (TPSA) is 51.7 Å². The molecule has 1 fully saturated rings. The lowest BCUT2D eigenvalue weighted by Crippen LogP contribution is -2.41. The molecule has 1 saturated heterocycles. The number of carbonyl (C=O) groups is 1. The van der Waals surface area contributed by atoms with Gasteiger partial charge in [0.15, 0.2) is 0 Å². The molecule has 5 nitrogen and oxygen atoms in total. The van der Waals surface area contributed by atoms with Crippen LogP contribution in [0, 0.1) is 6.92 Å². The molecule has 0 spiro atoms. The zero-order chi connectivity index (χ0) is 21.9. The Morgan fingerprint density at radius 3 is 2.38 bits per heavy atom. The van der Waals surface area contributed by atoms with Gasteiger partial charge in [0.2, 0.25) is 0 Å². The second-order valence-corrected chi connectivity index (χ2v) is 8.94. The molecule has 0 unspecified atom stereocenters. The number of hydrogen-bond acceptors (Lipinski definition) is 5.